The minimum atomic E-state index is -0.376. The summed E-state index contributed by atoms with van der Waals surface area (Å²) in [6.07, 6.45) is 4.35. The summed E-state index contributed by atoms with van der Waals surface area (Å²) in [6, 6.07) is 0. The molecule has 3 aliphatic carbocycles. The van der Waals surface area contributed by atoms with Crippen LogP contribution in [-0.4, -0.2) is 80.6 Å². The molecule has 1 saturated heterocycles. The van der Waals surface area contributed by atoms with Gasteiger partial charge in [-0.1, -0.05) is 0 Å². The molecular weight excluding hydrogens is 350 g/mol. The topological polar surface area (TPSA) is 102 Å². The molecule has 152 valence electrons. The smallest absolute Gasteiger partial charge is 0.311 e. The van der Waals surface area contributed by atoms with Crippen LogP contribution in [0.1, 0.15) is 38.5 Å². The lowest BCUT2D eigenvalue weighted by Gasteiger charge is -2.52. The quantitative estimate of drug-likeness (QED) is 0.657. The highest BCUT2D eigenvalue weighted by Gasteiger charge is 2.57. The minimum absolute atomic E-state index is 0.118. The molecule has 8 nitrogen and oxygen atoms in total. The van der Waals surface area contributed by atoms with E-state index in [2.05, 4.69) is 0 Å². The number of morpholine rings is 1. The van der Waals surface area contributed by atoms with Crippen LogP contribution in [0.15, 0.2) is 0 Å². The molecule has 4 rings (SSSR count). The summed E-state index contributed by atoms with van der Waals surface area (Å²) in [5, 5.41) is 0. The monoisotopic (exact) mass is 381 g/mol. The van der Waals surface area contributed by atoms with Crippen LogP contribution < -0.4 is 5.73 Å². The third-order valence-corrected chi connectivity index (χ3v) is 6.69. The Morgan fingerprint density at radius 2 is 1.74 bits per heavy atom. The molecule has 2 N–H and O–H groups in total. The fourth-order valence-corrected chi connectivity index (χ4v) is 5.06. The Hall–Kier alpha value is -1.67. The Morgan fingerprint density at radius 3 is 2.30 bits per heavy atom. The average molecular weight is 381 g/mol. The summed E-state index contributed by atoms with van der Waals surface area (Å²) >= 11 is 0. The largest absolute Gasteiger partial charge is 0.469 e. The number of likely N-dealkylation sites (N-methyl/N-ethyl adjacent to an activating group) is 1. The van der Waals surface area contributed by atoms with E-state index in [9.17, 15) is 14.4 Å². The molecule has 3 saturated carbocycles. The molecule has 2 amide bonds. The average Bonchev–Trinajstić information content (AvgIpc) is 2.67. The Kier molecular flexibility index (Phi) is 5.76. The molecule has 27 heavy (non-hydrogen) atoms. The third-order valence-electron chi connectivity index (χ3n) is 6.69. The van der Waals surface area contributed by atoms with Gasteiger partial charge < -0.3 is 20.1 Å². The maximum atomic E-state index is 13.4. The summed E-state index contributed by atoms with van der Waals surface area (Å²) in [7, 11) is 3.27. The van der Waals surface area contributed by atoms with Crippen molar-refractivity contribution in [2.45, 2.75) is 44.6 Å². The molecule has 0 aromatic carbocycles. The van der Waals surface area contributed by atoms with Crippen LogP contribution in [0.2, 0.25) is 0 Å². The van der Waals surface area contributed by atoms with Crippen molar-refractivity contribution in [3.05, 3.63) is 0 Å². The van der Waals surface area contributed by atoms with Crippen LogP contribution in [0.5, 0.6) is 0 Å². The number of ether oxygens (including phenoxy) is 2. The van der Waals surface area contributed by atoms with Crippen molar-refractivity contribution in [3.63, 3.8) is 0 Å². The van der Waals surface area contributed by atoms with Gasteiger partial charge in [0.25, 0.3) is 0 Å². The third kappa shape index (κ3) is 3.96. The maximum Gasteiger partial charge on any atom is 0.311 e. The molecule has 4 aliphatic rings. The first-order valence-corrected chi connectivity index (χ1v) is 9.76. The number of esters is 1. The van der Waals surface area contributed by atoms with Crippen LogP contribution >= 0.6 is 0 Å². The van der Waals surface area contributed by atoms with E-state index in [1.54, 1.807) is 0 Å². The van der Waals surface area contributed by atoms with Gasteiger partial charge in [-0.05, 0) is 45.6 Å². The zero-order valence-electron chi connectivity index (χ0n) is 16.4. The van der Waals surface area contributed by atoms with Gasteiger partial charge in [0.05, 0.1) is 31.8 Å². The molecule has 8 heteroatoms. The molecule has 1 unspecified atom stereocenters. The van der Waals surface area contributed by atoms with Gasteiger partial charge in [0.15, 0.2) is 0 Å². The van der Waals surface area contributed by atoms with Crippen LogP contribution in [0.4, 0.5) is 0 Å². The van der Waals surface area contributed by atoms with Gasteiger partial charge in [0, 0.05) is 25.0 Å². The van der Waals surface area contributed by atoms with E-state index >= 15 is 0 Å². The van der Waals surface area contributed by atoms with E-state index in [0.29, 0.717) is 26.2 Å². The maximum absolute atomic E-state index is 13.4. The molecule has 2 bridgehead atoms. The number of fused-ring (bicyclic) bond motifs is 3. The molecule has 0 aromatic heterocycles. The van der Waals surface area contributed by atoms with Crippen LogP contribution in [0, 0.1) is 10.8 Å². The van der Waals surface area contributed by atoms with E-state index in [-0.39, 0.29) is 41.3 Å². The van der Waals surface area contributed by atoms with Crippen molar-refractivity contribution in [2.24, 2.45) is 16.6 Å². The molecule has 0 aromatic rings. The summed E-state index contributed by atoms with van der Waals surface area (Å²) in [4.78, 5) is 40.3. The van der Waals surface area contributed by atoms with Crippen LogP contribution in [0.25, 0.3) is 0 Å². The van der Waals surface area contributed by atoms with E-state index < -0.39 is 0 Å². The lowest BCUT2D eigenvalue weighted by atomic mass is 9.53. The number of hydrogen-bond acceptors (Lipinski definition) is 6. The summed E-state index contributed by atoms with van der Waals surface area (Å²) in [5.74, 6) is -0.294. The first-order chi connectivity index (χ1) is 12.8. The molecule has 1 aliphatic heterocycles. The second kappa shape index (κ2) is 7.75. The predicted molar refractivity (Wildman–Crippen MR) is 97.6 cm³/mol. The van der Waals surface area contributed by atoms with Crippen LogP contribution in [0.3, 0.4) is 0 Å². The first-order valence-electron chi connectivity index (χ1n) is 9.76. The highest BCUT2D eigenvalue weighted by Crippen LogP contribution is 2.58. The lowest BCUT2D eigenvalue weighted by molar-refractivity contribution is -0.172. The Bertz CT molecular complexity index is 584. The number of carbonyl (C=O) groups is 3. The molecule has 0 radical (unpaired) electrons. The second-order valence-electron chi connectivity index (χ2n) is 8.46. The zero-order chi connectivity index (χ0) is 19.7. The first kappa shape index (κ1) is 20.1. The fraction of sp³-hybridized carbons (Fsp3) is 0.842. The van der Waals surface area contributed by atoms with E-state index in [4.69, 9.17) is 15.2 Å². The van der Waals surface area contributed by atoms with Gasteiger partial charge in [-0.25, -0.2) is 0 Å². The number of primary amides is 1. The number of methoxy groups -OCH3 is 1. The number of carbonyl (C=O) groups excluding carboxylic acids is 3. The number of amides is 2. The van der Waals surface area contributed by atoms with Crippen molar-refractivity contribution in [2.75, 3.05) is 46.9 Å². The predicted octanol–water partition coefficient (Wildman–Crippen LogP) is 0.145. The van der Waals surface area contributed by atoms with Gasteiger partial charge in [-0.15, -0.1) is 0 Å². The highest BCUT2D eigenvalue weighted by atomic mass is 16.5. The second-order valence-corrected chi connectivity index (χ2v) is 8.46. The Balaban J connectivity index is 1.60. The lowest BCUT2D eigenvalue weighted by Crippen LogP contribution is -2.57. The molecular formula is C19H31N3O5. The van der Waals surface area contributed by atoms with Gasteiger partial charge in [-0.3, -0.25) is 19.3 Å². The minimum Gasteiger partial charge on any atom is -0.469 e. The SMILES string of the molecule is COC(=O)C12CCC(C(=O)N3CCOC(CN(C)CC(N)=O)C3)(CC1)CC2. The Labute approximate surface area is 160 Å². The molecule has 0 spiro atoms. The number of rotatable bonds is 6. The number of hydrogen-bond donors (Lipinski definition) is 1. The van der Waals surface area contributed by atoms with Gasteiger partial charge in [0.1, 0.15) is 0 Å². The Morgan fingerprint density at radius 1 is 1.15 bits per heavy atom. The number of nitrogens with zero attached hydrogens (tertiary/aromatic N) is 2. The fourth-order valence-electron chi connectivity index (χ4n) is 5.06. The van der Waals surface area contributed by atoms with Gasteiger partial charge in [0.2, 0.25) is 11.8 Å². The zero-order valence-corrected chi connectivity index (χ0v) is 16.4. The van der Waals surface area contributed by atoms with Crippen molar-refractivity contribution in [1.29, 1.82) is 0 Å². The number of nitrogens with two attached hydrogens (primary N) is 1. The highest BCUT2D eigenvalue weighted by molar-refractivity contribution is 5.85. The standard InChI is InChI=1S/C19H31N3O5/c1-21(13-15(20)23)11-14-12-22(9-10-27-14)16(24)18-3-6-19(7-4-18,8-5-18)17(25)26-2/h14H,3-13H2,1-2H3,(H2,20,23). The van der Waals surface area contributed by atoms with Crippen molar-refractivity contribution in [1.82, 2.24) is 9.80 Å². The summed E-state index contributed by atoms with van der Waals surface area (Å²) in [6.45, 7) is 2.37. The van der Waals surface area contributed by atoms with E-state index in [0.717, 1.165) is 38.5 Å². The van der Waals surface area contributed by atoms with Gasteiger partial charge in [-0.2, -0.15) is 0 Å². The summed E-state index contributed by atoms with van der Waals surface area (Å²) in [5.41, 5.74) is 4.52. The molecule has 4 fully saturated rings. The van der Waals surface area contributed by atoms with Crippen molar-refractivity contribution >= 4 is 17.8 Å². The van der Waals surface area contributed by atoms with Crippen molar-refractivity contribution < 1.29 is 23.9 Å². The van der Waals surface area contributed by atoms with Gasteiger partial charge >= 0.3 is 5.97 Å². The van der Waals surface area contributed by atoms with E-state index in [1.165, 1.54) is 7.11 Å². The van der Waals surface area contributed by atoms with Crippen molar-refractivity contribution in [3.8, 4) is 0 Å². The molecule has 1 heterocycles. The normalized spacial score (nSPS) is 33.1. The molecule has 1 atom stereocenters. The van der Waals surface area contributed by atoms with E-state index in [1.807, 2.05) is 16.8 Å². The van der Waals surface area contributed by atoms with Crippen LogP contribution in [-0.2, 0) is 23.9 Å². The summed E-state index contributed by atoms with van der Waals surface area (Å²) < 4.78 is 10.8.